The number of carbonyl (C=O) groups excluding carboxylic acids is 3. The van der Waals surface area contributed by atoms with E-state index < -0.39 is 17.5 Å². The zero-order valence-electron chi connectivity index (χ0n) is 16.3. The van der Waals surface area contributed by atoms with Gasteiger partial charge in [-0.05, 0) is 43.2 Å². The highest BCUT2D eigenvalue weighted by Crippen LogP contribution is 2.65. The van der Waals surface area contributed by atoms with E-state index in [2.05, 4.69) is 27.9 Å². The Morgan fingerprint density at radius 3 is 2.87 bits per heavy atom. The van der Waals surface area contributed by atoms with Crippen molar-refractivity contribution >= 4 is 34.2 Å². The molecule has 8 heteroatoms. The van der Waals surface area contributed by atoms with Crippen molar-refractivity contribution in [3.8, 4) is 0 Å². The number of primary amides is 1. The summed E-state index contributed by atoms with van der Waals surface area (Å²) in [4.78, 5) is 40.1. The van der Waals surface area contributed by atoms with E-state index in [-0.39, 0.29) is 23.5 Å². The Bertz CT molecular complexity index is 1240. The summed E-state index contributed by atoms with van der Waals surface area (Å²) in [6.07, 6.45) is 2.77. The normalized spacial score (nSPS) is 31.0. The topological polar surface area (TPSA) is 129 Å². The van der Waals surface area contributed by atoms with Gasteiger partial charge in [0.2, 0.25) is 0 Å². The van der Waals surface area contributed by atoms with Crippen LogP contribution in [0.3, 0.4) is 0 Å². The summed E-state index contributed by atoms with van der Waals surface area (Å²) in [6.45, 7) is 2.76. The number of nitrogens with one attached hydrogen (secondary N) is 4. The molecule has 1 aromatic carbocycles. The van der Waals surface area contributed by atoms with Crippen LogP contribution in [-0.4, -0.2) is 41.2 Å². The second-order valence-corrected chi connectivity index (χ2v) is 8.62. The van der Waals surface area contributed by atoms with Gasteiger partial charge in [-0.2, -0.15) is 0 Å². The number of H-pyrrole nitrogens is 1. The monoisotopic (exact) mass is 403 g/mol. The first-order chi connectivity index (χ1) is 14.4. The molecule has 8 nitrogen and oxygen atoms in total. The number of amides is 2. The van der Waals surface area contributed by atoms with E-state index in [9.17, 15) is 14.4 Å². The van der Waals surface area contributed by atoms with Gasteiger partial charge in [-0.25, -0.2) is 4.79 Å². The number of benzene rings is 1. The number of nitrogens with two attached hydrogens (primary N) is 1. The van der Waals surface area contributed by atoms with Crippen LogP contribution in [0.25, 0.3) is 10.9 Å². The molecule has 3 heterocycles. The molecule has 4 unspecified atom stereocenters. The second kappa shape index (κ2) is 5.60. The van der Waals surface area contributed by atoms with Crippen LogP contribution in [-0.2, 0) is 4.79 Å². The molecule has 6 N–H and O–H groups in total. The molecular formula is C22H21N5O3. The largest absolute Gasteiger partial charge is 0.386 e. The van der Waals surface area contributed by atoms with Crippen molar-refractivity contribution in [3.05, 3.63) is 52.9 Å². The maximum atomic E-state index is 13.3. The number of ketones is 2. The highest BCUT2D eigenvalue weighted by molar-refractivity contribution is 6.13. The summed E-state index contributed by atoms with van der Waals surface area (Å²) in [7, 11) is 0. The number of hydrogen-bond acceptors (Lipinski definition) is 5. The van der Waals surface area contributed by atoms with E-state index >= 15 is 0 Å². The van der Waals surface area contributed by atoms with Crippen LogP contribution >= 0.6 is 0 Å². The number of allylic oxidation sites excluding steroid dienone is 1. The molecular weight excluding hydrogens is 382 g/mol. The second-order valence-electron chi connectivity index (χ2n) is 8.62. The molecule has 1 saturated heterocycles. The Labute approximate surface area is 172 Å². The molecule has 2 amide bonds. The van der Waals surface area contributed by atoms with Crippen molar-refractivity contribution in [3.63, 3.8) is 0 Å². The lowest BCUT2D eigenvalue weighted by Gasteiger charge is -2.30. The van der Waals surface area contributed by atoms with Crippen LogP contribution in [0.15, 0.2) is 47.2 Å². The lowest BCUT2D eigenvalue weighted by Crippen LogP contribution is -2.41. The molecule has 2 aliphatic heterocycles. The fourth-order valence-electron chi connectivity index (χ4n) is 5.66. The summed E-state index contributed by atoms with van der Waals surface area (Å²) in [6, 6.07) is 5.98. The maximum Gasteiger partial charge on any atom is 0.316 e. The van der Waals surface area contributed by atoms with Crippen molar-refractivity contribution in [1.82, 2.24) is 15.6 Å². The summed E-state index contributed by atoms with van der Waals surface area (Å²) < 4.78 is 0. The quantitative estimate of drug-likeness (QED) is 0.392. The molecule has 2 fully saturated rings. The average Bonchev–Trinajstić information content (AvgIpc) is 3.19. The van der Waals surface area contributed by atoms with Gasteiger partial charge in [0.25, 0.3) is 0 Å². The molecule has 1 spiro atoms. The van der Waals surface area contributed by atoms with Gasteiger partial charge in [0.15, 0.2) is 11.6 Å². The van der Waals surface area contributed by atoms with Gasteiger partial charge in [-0.3, -0.25) is 14.9 Å². The highest BCUT2D eigenvalue weighted by atomic mass is 16.2. The SMILES string of the molecule is CC1=C2NCC3C(=O)C23C2=CC(C(=O)c3cc4cc(NC(N)=O)ccc4[nH]3)NC2C1. The molecule has 0 bridgehead atoms. The van der Waals surface area contributed by atoms with Crippen LogP contribution in [0.4, 0.5) is 10.5 Å². The summed E-state index contributed by atoms with van der Waals surface area (Å²) in [5, 5.41) is 10.2. The van der Waals surface area contributed by atoms with Crippen LogP contribution in [0.2, 0.25) is 0 Å². The zero-order chi connectivity index (χ0) is 20.8. The fourth-order valence-corrected chi connectivity index (χ4v) is 5.66. The lowest BCUT2D eigenvalue weighted by molar-refractivity contribution is -0.113. The first-order valence-electron chi connectivity index (χ1n) is 10.1. The minimum atomic E-state index is -0.637. The van der Waals surface area contributed by atoms with Crippen molar-refractivity contribution < 1.29 is 14.4 Å². The van der Waals surface area contributed by atoms with E-state index in [0.717, 1.165) is 28.6 Å². The predicted molar refractivity (Wildman–Crippen MR) is 111 cm³/mol. The van der Waals surface area contributed by atoms with Crippen LogP contribution in [0.5, 0.6) is 0 Å². The van der Waals surface area contributed by atoms with Gasteiger partial charge in [0, 0.05) is 34.9 Å². The predicted octanol–water partition coefficient (Wildman–Crippen LogP) is 1.57. The van der Waals surface area contributed by atoms with Crippen molar-refractivity contribution in [2.24, 2.45) is 17.1 Å². The number of aromatic nitrogens is 1. The maximum absolute atomic E-state index is 13.3. The number of piperidine rings is 1. The van der Waals surface area contributed by atoms with E-state index in [4.69, 9.17) is 5.73 Å². The number of Topliss-reactive ketones (excluding diaryl/α,β-unsaturated/α-hetero) is 2. The lowest BCUT2D eigenvalue weighted by atomic mass is 9.78. The first kappa shape index (κ1) is 17.5. The number of rotatable bonds is 3. The number of anilines is 1. The van der Waals surface area contributed by atoms with E-state index in [1.807, 2.05) is 6.08 Å². The highest BCUT2D eigenvalue weighted by Gasteiger charge is 2.74. The zero-order valence-corrected chi connectivity index (χ0v) is 16.3. The third-order valence-electron chi connectivity index (χ3n) is 6.95. The smallest absolute Gasteiger partial charge is 0.316 e. The molecule has 152 valence electrons. The third kappa shape index (κ3) is 2.11. The summed E-state index contributed by atoms with van der Waals surface area (Å²) in [5.41, 5.74) is 9.84. The number of aromatic amines is 1. The minimum absolute atomic E-state index is 0.0106. The molecule has 0 radical (unpaired) electrons. The number of hydrogen-bond donors (Lipinski definition) is 5. The molecule has 2 aromatic rings. The van der Waals surface area contributed by atoms with Crippen LogP contribution < -0.4 is 21.7 Å². The molecule has 30 heavy (non-hydrogen) atoms. The van der Waals surface area contributed by atoms with Crippen LogP contribution in [0.1, 0.15) is 23.8 Å². The van der Waals surface area contributed by atoms with Crippen LogP contribution in [0, 0.1) is 11.3 Å². The van der Waals surface area contributed by atoms with Crippen molar-refractivity contribution in [1.29, 1.82) is 0 Å². The minimum Gasteiger partial charge on any atom is -0.386 e. The Hall–Kier alpha value is -3.39. The molecule has 2 aliphatic carbocycles. The van der Waals surface area contributed by atoms with Gasteiger partial charge < -0.3 is 21.4 Å². The molecule has 6 rings (SSSR count). The third-order valence-corrected chi connectivity index (χ3v) is 6.95. The van der Waals surface area contributed by atoms with Gasteiger partial charge in [0.1, 0.15) is 5.41 Å². The van der Waals surface area contributed by atoms with Crippen molar-refractivity contribution in [2.75, 3.05) is 11.9 Å². The summed E-state index contributed by atoms with van der Waals surface area (Å²) >= 11 is 0. The summed E-state index contributed by atoms with van der Waals surface area (Å²) in [5.74, 6) is 0.224. The van der Waals surface area contributed by atoms with Gasteiger partial charge in [-0.15, -0.1) is 0 Å². The standard InChI is InChI=1S/C22H21N5O3/c1-9-4-15-12(22-13(20(22)29)8-24-19(9)22)7-17(27-15)18(28)16-6-10-5-11(25-21(23)30)2-3-14(10)26-16/h2-3,5-7,13,15,17,24,26-27H,4,8H2,1H3,(H3,23,25,30). The Balaban J connectivity index is 1.32. The average molecular weight is 403 g/mol. The van der Waals surface area contributed by atoms with Gasteiger partial charge in [-0.1, -0.05) is 11.6 Å². The number of fused-ring (bicyclic) bond motifs is 2. The fraction of sp³-hybridized carbons (Fsp3) is 0.318. The Morgan fingerprint density at radius 1 is 1.27 bits per heavy atom. The van der Waals surface area contributed by atoms with Gasteiger partial charge >= 0.3 is 6.03 Å². The van der Waals surface area contributed by atoms with E-state index in [1.165, 1.54) is 5.57 Å². The molecule has 4 atom stereocenters. The Kier molecular flexibility index (Phi) is 3.26. The molecule has 1 saturated carbocycles. The Morgan fingerprint density at radius 2 is 2.10 bits per heavy atom. The number of carbonyl (C=O) groups is 3. The molecule has 4 aliphatic rings. The van der Waals surface area contributed by atoms with Gasteiger partial charge in [0.05, 0.1) is 17.7 Å². The van der Waals surface area contributed by atoms with E-state index in [1.54, 1.807) is 24.3 Å². The molecule has 1 aromatic heterocycles. The van der Waals surface area contributed by atoms with Crippen molar-refractivity contribution in [2.45, 2.75) is 25.4 Å². The first-order valence-corrected chi connectivity index (χ1v) is 10.1. The van der Waals surface area contributed by atoms with E-state index in [0.29, 0.717) is 17.9 Å². The number of urea groups is 1.